The molecule has 6 nitrogen and oxygen atoms in total. The van der Waals surface area contributed by atoms with Crippen molar-refractivity contribution in [3.8, 4) is 11.6 Å². The van der Waals surface area contributed by atoms with E-state index in [0.29, 0.717) is 17.5 Å². The Hall–Kier alpha value is -2.93. The molecular formula is C26H31N3O3S. The highest BCUT2D eigenvalue weighted by molar-refractivity contribution is 7.92. The van der Waals surface area contributed by atoms with E-state index in [1.807, 2.05) is 36.4 Å². The number of rotatable bonds is 6. The highest BCUT2D eigenvalue weighted by Gasteiger charge is 2.31. The van der Waals surface area contributed by atoms with Crippen LogP contribution in [0.3, 0.4) is 0 Å². The van der Waals surface area contributed by atoms with Crippen LogP contribution in [0.1, 0.15) is 58.1 Å². The summed E-state index contributed by atoms with van der Waals surface area (Å²) in [4.78, 5) is 9.14. The van der Waals surface area contributed by atoms with Gasteiger partial charge in [-0.2, -0.15) is 4.98 Å². The fourth-order valence-corrected chi connectivity index (χ4v) is 5.36. The quantitative estimate of drug-likeness (QED) is 0.456. The third kappa shape index (κ3) is 5.90. The maximum Gasteiger partial charge on any atom is 0.264 e. The normalized spacial score (nSPS) is 19.1. The number of hydrogen-bond donors (Lipinski definition) is 1. The van der Waals surface area contributed by atoms with E-state index in [4.69, 9.17) is 4.74 Å². The molecule has 3 aromatic rings. The maximum absolute atomic E-state index is 12.9. The summed E-state index contributed by atoms with van der Waals surface area (Å²) in [5.74, 6) is 1.90. The Morgan fingerprint density at radius 2 is 1.48 bits per heavy atom. The van der Waals surface area contributed by atoms with E-state index >= 15 is 0 Å². The minimum Gasteiger partial charge on any atom is -0.439 e. The second-order valence-corrected chi connectivity index (χ2v) is 11.4. The number of anilines is 1. The highest BCUT2D eigenvalue weighted by atomic mass is 32.2. The number of benzene rings is 2. The van der Waals surface area contributed by atoms with E-state index in [2.05, 4.69) is 35.5 Å². The lowest BCUT2D eigenvalue weighted by Crippen LogP contribution is -2.25. The van der Waals surface area contributed by atoms with Gasteiger partial charge >= 0.3 is 0 Å². The molecule has 174 valence electrons. The lowest BCUT2D eigenvalue weighted by Gasteiger charge is -2.36. The first-order valence-electron chi connectivity index (χ1n) is 11.4. The molecule has 0 aliphatic heterocycles. The molecule has 0 saturated heterocycles. The molecule has 1 heterocycles. The van der Waals surface area contributed by atoms with Gasteiger partial charge in [0, 0.05) is 12.0 Å². The Labute approximate surface area is 196 Å². The summed E-state index contributed by atoms with van der Waals surface area (Å²) < 4.78 is 34.3. The van der Waals surface area contributed by atoms with Crippen molar-refractivity contribution in [2.24, 2.45) is 11.3 Å². The summed E-state index contributed by atoms with van der Waals surface area (Å²) in [6.45, 7) is 6.89. The van der Waals surface area contributed by atoms with Gasteiger partial charge in [0.15, 0.2) is 0 Å². The molecular weight excluding hydrogens is 434 g/mol. The summed E-state index contributed by atoms with van der Waals surface area (Å²) in [7, 11) is -3.81. The molecule has 1 aliphatic rings. The van der Waals surface area contributed by atoms with Gasteiger partial charge in [0.25, 0.3) is 10.0 Å². The molecule has 1 saturated carbocycles. The molecule has 7 heteroatoms. The molecule has 2 aromatic carbocycles. The smallest absolute Gasteiger partial charge is 0.264 e. The highest BCUT2D eigenvalue weighted by Crippen LogP contribution is 2.43. The van der Waals surface area contributed by atoms with Gasteiger partial charge in [-0.05, 0) is 61.3 Å². The first kappa shape index (κ1) is 23.2. The van der Waals surface area contributed by atoms with E-state index in [0.717, 1.165) is 31.4 Å². The maximum atomic E-state index is 12.9. The summed E-state index contributed by atoms with van der Waals surface area (Å²) in [6, 6.07) is 19.4. The van der Waals surface area contributed by atoms with Crippen molar-refractivity contribution in [3.63, 3.8) is 0 Å². The lowest BCUT2D eigenvalue weighted by molar-refractivity contribution is 0.168. The Morgan fingerprint density at radius 3 is 2.09 bits per heavy atom. The van der Waals surface area contributed by atoms with Gasteiger partial charge in [0.05, 0.1) is 10.6 Å². The van der Waals surface area contributed by atoms with E-state index in [1.54, 1.807) is 30.3 Å². The number of para-hydroxylation sites is 1. The van der Waals surface area contributed by atoms with Crippen molar-refractivity contribution < 1.29 is 13.2 Å². The SMILES string of the molecule is CC(C)(C)C1CCC(c2cc(Oc3ccccc3)nc(NS(=O)(=O)c3ccccc3)n2)CC1. The molecule has 1 N–H and O–H groups in total. The van der Waals surface area contributed by atoms with Crippen molar-refractivity contribution in [1.82, 2.24) is 9.97 Å². The Balaban J connectivity index is 1.63. The predicted molar refractivity (Wildman–Crippen MR) is 130 cm³/mol. The number of nitrogens with one attached hydrogen (secondary N) is 1. The summed E-state index contributed by atoms with van der Waals surface area (Å²) in [5, 5.41) is 0. The van der Waals surface area contributed by atoms with Crippen LogP contribution in [-0.2, 0) is 10.0 Å². The molecule has 0 spiro atoms. The molecule has 1 fully saturated rings. The fourth-order valence-electron chi connectivity index (χ4n) is 4.39. The predicted octanol–water partition coefficient (Wildman–Crippen LogP) is 6.39. The molecule has 0 atom stereocenters. The second kappa shape index (κ2) is 9.51. The third-order valence-electron chi connectivity index (χ3n) is 6.34. The van der Waals surface area contributed by atoms with Gasteiger partial charge in [0.1, 0.15) is 5.75 Å². The fraction of sp³-hybridized carbons (Fsp3) is 0.385. The van der Waals surface area contributed by atoms with Crippen molar-refractivity contribution in [3.05, 3.63) is 72.4 Å². The van der Waals surface area contributed by atoms with Crippen molar-refractivity contribution in [1.29, 1.82) is 0 Å². The second-order valence-electron chi connectivity index (χ2n) is 9.70. The van der Waals surface area contributed by atoms with Gasteiger partial charge in [-0.1, -0.05) is 57.2 Å². The minimum atomic E-state index is -3.81. The van der Waals surface area contributed by atoms with Crippen LogP contribution >= 0.6 is 0 Å². The van der Waals surface area contributed by atoms with E-state index in [1.165, 1.54) is 0 Å². The van der Waals surface area contributed by atoms with Crippen LogP contribution in [0.5, 0.6) is 11.6 Å². The molecule has 0 bridgehead atoms. The Bertz CT molecular complexity index is 1170. The first-order valence-corrected chi connectivity index (χ1v) is 12.9. The monoisotopic (exact) mass is 465 g/mol. The molecule has 0 unspecified atom stereocenters. The zero-order valence-electron chi connectivity index (χ0n) is 19.4. The van der Waals surface area contributed by atoms with E-state index in [9.17, 15) is 8.42 Å². The number of hydrogen-bond acceptors (Lipinski definition) is 5. The van der Waals surface area contributed by atoms with Crippen LogP contribution in [0.4, 0.5) is 5.95 Å². The number of nitrogens with zero attached hydrogens (tertiary/aromatic N) is 2. The summed E-state index contributed by atoms with van der Waals surface area (Å²) in [5.41, 5.74) is 1.10. The van der Waals surface area contributed by atoms with Crippen LogP contribution in [0.15, 0.2) is 71.6 Å². The molecule has 1 aromatic heterocycles. The van der Waals surface area contributed by atoms with Gasteiger partial charge in [-0.3, -0.25) is 0 Å². The minimum absolute atomic E-state index is 0.0280. The van der Waals surface area contributed by atoms with Gasteiger partial charge in [-0.15, -0.1) is 0 Å². The third-order valence-corrected chi connectivity index (χ3v) is 7.68. The number of ether oxygens (including phenoxy) is 1. The molecule has 0 radical (unpaired) electrons. The number of sulfonamides is 1. The first-order chi connectivity index (χ1) is 15.7. The average molecular weight is 466 g/mol. The van der Waals surface area contributed by atoms with Crippen LogP contribution in [-0.4, -0.2) is 18.4 Å². The van der Waals surface area contributed by atoms with Crippen LogP contribution in [0, 0.1) is 11.3 Å². The molecule has 0 amide bonds. The molecule has 4 rings (SSSR count). The van der Waals surface area contributed by atoms with Gasteiger partial charge in [0.2, 0.25) is 11.8 Å². The lowest BCUT2D eigenvalue weighted by atomic mass is 9.69. The van der Waals surface area contributed by atoms with Crippen LogP contribution in [0.25, 0.3) is 0 Å². The van der Waals surface area contributed by atoms with E-state index in [-0.39, 0.29) is 22.2 Å². The van der Waals surface area contributed by atoms with Crippen LogP contribution < -0.4 is 9.46 Å². The summed E-state index contributed by atoms with van der Waals surface area (Å²) in [6.07, 6.45) is 4.26. The van der Waals surface area contributed by atoms with Crippen LogP contribution in [0.2, 0.25) is 0 Å². The molecule has 33 heavy (non-hydrogen) atoms. The summed E-state index contributed by atoms with van der Waals surface area (Å²) >= 11 is 0. The van der Waals surface area contributed by atoms with Crippen molar-refractivity contribution in [2.75, 3.05) is 4.72 Å². The zero-order valence-corrected chi connectivity index (χ0v) is 20.2. The van der Waals surface area contributed by atoms with Crippen molar-refractivity contribution >= 4 is 16.0 Å². The standard InChI is InChI=1S/C26H31N3O3S/c1-26(2,3)20-16-14-19(15-17-20)23-18-24(32-21-10-6-4-7-11-21)28-25(27-23)29-33(30,31)22-12-8-5-9-13-22/h4-13,18-20H,14-17H2,1-3H3,(H,27,28,29). The topological polar surface area (TPSA) is 81.2 Å². The van der Waals surface area contributed by atoms with Crippen molar-refractivity contribution in [2.45, 2.75) is 57.3 Å². The van der Waals surface area contributed by atoms with Gasteiger partial charge < -0.3 is 4.74 Å². The Kier molecular flexibility index (Phi) is 6.70. The Morgan fingerprint density at radius 1 is 0.879 bits per heavy atom. The average Bonchev–Trinajstić information content (AvgIpc) is 2.79. The van der Waals surface area contributed by atoms with Gasteiger partial charge in [-0.25, -0.2) is 18.1 Å². The number of aromatic nitrogens is 2. The zero-order chi connectivity index (χ0) is 23.5. The van der Waals surface area contributed by atoms with E-state index < -0.39 is 10.0 Å². The molecule has 1 aliphatic carbocycles. The largest absolute Gasteiger partial charge is 0.439 e.